The third-order valence-corrected chi connectivity index (χ3v) is 6.43. The van der Waals surface area contributed by atoms with Crippen LogP contribution in [0, 0.1) is 19.8 Å². The zero-order valence-corrected chi connectivity index (χ0v) is 19.4. The second-order valence-corrected chi connectivity index (χ2v) is 8.90. The normalized spacial score (nSPS) is 13.8. The number of hydrogen-bond acceptors (Lipinski definition) is 5. The zero-order valence-electron chi connectivity index (χ0n) is 18.6. The fourth-order valence-electron chi connectivity index (χ4n) is 4.19. The molecule has 0 unspecified atom stereocenters. The van der Waals surface area contributed by atoms with Gasteiger partial charge in [-0.3, -0.25) is 0 Å². The van der Waals surface area contributed by atoms with Crippen LogP contribution in [0.3, 0.4) is 0 Å². The quantitative estimate of drug-likeness (QED) is 0.440. The first-order chi connectivity index (χ1) is 14.6. The molecular weight excluding hydrogens is 394 g/mol. The first-order valence-electron chi connectivity index (χ1n) is 10.5. The molecule has 0 spiro atoms. The van der Waals surface area contributed by atoms with E-state index in [9.17, 15) is 0 Å². The Bertz CT molecular complexity index is 1040. The van der Waals surface area contributed by atoms with Crippen molar-refractivity contribution in [2.75, 3.05) is 45.1 Å². The van der Waals surface area contributed by atoms with E-state index in [2.05, 4.69) is 59.9 Å². The van der Waals surface area contributed by atoms with Crippen molar-refractivity contribution in [2.24, 2.45) is 5.92 Å². The first-order valence-corrected chi connectivity index (χ1v) is 11.7. The van der Waals surface area contributed by atoms with Crippen LogP contribution in [0.15, 0.2) is 35.4 Å². The fraction of sp³-hybridized carbons (Fsp3) is 0.458. The fourth-order valence-corrected chi connectivity index (χ4v) is 4.78. The van der Waals surface area contributed by atoms with Crippen molar-refractivity contribution < 1.29 is 9.47 Å². The summed E-state index contributed by atoms with van der Waals surface area (Å²) in [5.74, 6) is 1.67. The zero-order chi connectivity index (χ0) is 21.3. The second-order valence-electron chi connectivity index (χ2n) is 8.11. The van der Waals surface area contributed by atoms with Crippen molar-refractivity contribution in [3.05, 3.63) is 41.5 Å². The monoisotopic (exact) mass is 425 g/mol. The molecule has 5 nitrogen and oxygen atoms in total. The van der Waals surface area contributed by atoms with Gasteiger partial charge < -0.3 is 14.4 Å². The van der Waals surface area contributed by atoms with E-state index in [1.54, 1.807) is 26.0 Å². The van der Waals surface area contributed by atoms with Gasteiger partial charge in [0.2, 0.25) is 0 Å². The smallest absolute Gasteiger partial charge is 0.142 e. The van der Waals surface area contributed by atoms with E-state index >= 15 is 0 Å². The maximum absolute atomic E-state index is 5.76. The van der Waals surface area contributed by atoms with Crippen LogP contribution in [0.2, 0.25) is 0 Å². The third kappa shape index (κ3) is 4.03. The lowest BCUT2D eigenvalue weighted by atomic mass is 10.0. The highest BCUT2D eigenvalue weighted by atomic mass is 32.2. The van der Waals surface area contributed by atoms with E-state index < -0.39 is 0 Å². The van der Waals surface area contributed by atoms with Crippen LogP contribution in [-0.4, -0.2) is 49.8 Å². The summed E-state index contributed by atoms with van der Waals surface area (Å²) in [6.45, 7) is 6.89. The summed E-state index contributed by atoms with van der Waals surface area (Å²) < 4.78 is 13.3. The van der Waals surface area contributed by atoms with Crippen molar-refractivity contribution in [1.82, 2.24) is 9.61 Å². The molecule has 1 aromatic carbocycles. The number of rotatable bonds is 9. The summed E-state index contributed by atoms with van der Waals surface area (Å²) in [6, 6.07) is 10.7. The highest BCUT2D eigenvalue weighted by Gasteiger charge is 2.28. The number of anilines is 1. The number of aryl methyl sites for hydroxylation is 2. The van der Waals surface area contributed by atoms with Gasteiger partial charge in [-0.25, -0.2) is 4.52 Å². The molecule has 0 amide bonds. The molecule has 0 bridgehead atoms. The number of nitrogens with zero attached hydrogens (tertiary/aromatic N) is 3. The first kappa shape index (κ1) is 21.1. The van der Waals surface area contributed by atoms with E-state index in [0.29, 0.717) is 6.61 Å². The van der Waals surface area contributed by atoms with Crippen molar-refractivity contribution in [3.8, 4) is 17.0 Å². The Morgan fingerprint density at radius 1 is 1.20 bits per heavy atom. The average Bonchev–Trinajstić information content (AvgIpc) is 3.47. The van der Waals surface area contributed by atoms with Crippen LogP contribution in [-0.2, 0) is 4.74 Å². The van der Waals surface area contributed by atoms with Crippen LogP contribution < -0.4 is 9.64 Å². The molecule has 30 heavy (non-hydrogen) atoms. The number of hydrogen-bond donors (Lipinski definition) is 0. The van der Waals surface area contributed by atoms with Gasteiger partial charge in [0.05, 0.1) is 30.6 Å². The van der Waals surface area contributed by atoms with Gasteiger partial charge >= 0.3 is 0 Å². The molecule has 0 N–H and O–H groups in total. The Balaban J connectivity index is 1.89. The van der Waals surface area contributed by atoms with E-state index in [-0.39, 0.29) is 0 Å². The van der Waals surface area contributed by atoms with Gasteiger partial charge in [-0.05, 0) is 68.2 Å². The van der Waals surface area contributed by atoms with Crippen molar-refractivity contribution in [1.29, 1.82) is 0 Å². The SMILES string of the molecule is COCCN(CC1CC1)c1c(SC)nn2c(-c3c(C)cc(C)cc3OC)cccc12. The predicted octanol–water partition coefficient (Wildman–Crippen LogP) is 5.21. The lowest BCUT2D eigenvalue weighted by Gasteiger charge is -2.24. The van der Waals surface area contributed by atoms with Gasteiger partial charge in [-0.2, -0.15) is 5.10 Å². The van der Waals surface area contributed by atoms with E-state index in [1.165, 1.54) is 29.7 Å². The van der Waals surface area contributed by atoms with Gasteiger partial charge in [0.1, 0.15) is 10.8 Å². The van der Waals surface area contributed by atoms with Gasteiger partial charge in [0.15, 0.2) is 0 Å². The lowest BCUT2D eigenvalue weighted by molar-refractivity contribution is 0.205. The van der Waals surface area contributed by atoms with Crippen LogP contribution in [0.4, 0.5) is 5.69 Å². The van der Waals surface area contributed by atoms with Crippen molar-refractivity contribution >= 4 is 23.0 Å². The number of benzene rings is 1. The minimum absolute atomic E-state index is 0.711. The molecule has 2 heterocycles. The molecule has 4 rings (SSSR count). The van der Waals surface area contributed by atoms with Gasteiger partial charge in [-0.1, -0.05) is 12.1 Å². The summed E-state index contributed by atoms with van der Waals surface area (Å²) >= 11 is 1.71. The minimum Gasteiger partial charge on any atom is -0.496 e. The molecule has 0 saturated heterocycles. The largest absolute Gasteiger partial charge is 0.496 e. The molecular formula is C24H31N3O2S. The van der Waals surface area contributed by atoms with E-state index in [0.717, 1.165) is 46.6 Å². The van der Waals surface area contributed by atoms with Gasteiger partial charge in [-0.15, -0.1) is 11.8 Å². The number of ether oxygens (including phenoxy) is 2. The third-order valence-electron chi connectivity index (χ3n) is 5.77. The number of aromatic nitrogens is 2. The number of pyridine rings is 1. The topological polar surface area (TPSA) is 39.0 Å². The highest BCUT2D eigenvalue weighted by molar-refractivity contribution is 7.98. The standard InChI is InChI=1S/C24H31N3O2S/c1-16-13-17(2)22(21(14-16)29-4)19-7-6-8-20-23(24(30-5)25-27(19)20)26(11-12-28-3)15-18-9-10-18/h6-8,13-14,18H,9-12,15H2,1-5H3. The van der Waals surface area contributed by atoms with Crippen LogP contribution in [0.25, 0.3) is 16.8 Å². The molecule has 6 heteroatoms. The van der Waals surface area contributed by atoms with Crippen LogP contribution in [0.5, 0.6) is 5.75 Å². The summed E-state index contributed by atoms with van der Waals surface area (Å²) in [4.78, 5) is 2.47. The number of fused-ring (bicyclic) bond motifs is 1. The molecule has 0 aliphatic heterocycles. The Morgan fingerprint density at radius 2 is 2.00 bits per heavy atom. The Kier molecular flexibility index (Phi) is 6.25. The van der Waals surface area contributed by atoms with Crippen molar-refractivity contribution in [2.45, 2.75) is 31.7 Å². The number of methoxy groups -OCH3 is 2. The lowest BCUT2D eigenvalue weighted by Crippen LogP contribution is -2.29. The average molecular weight is 426 g/mol. The minimum atomic E-state index is 0.711. The summed E-state index contributed by atoms with van der Waals surface area (Å²) in [7, 11) is 3.51. The molecule has 1 saturated carbocycles. The van der Waals surface area contributed by atoms with Gasteiger partial charge in [0, 0.05) is 25.8 Å². The maximum atomic E-state index is 5.76. The molecule has 1 fully saturated rings. The molecule has 1 aliphatic rings. The molecule has 2 aromatic heterocycles. The van der Waals surface area contributed by atoms with Crippen molar-refractivity contribution in [3.63, 3.8) is 0 Å². The van der Waals surface area contributed by atoms with Gasteiger partial charge in [0.25, 0.3) is 0 Å². The van der Waals surface area contributed by atoms with Crippen LogP contribution >= 0.6 is 11.8 Å². The molecule has 0 atom stereocenters. The molecule has 160 valence electrons. The molecule has 0 radical (unpaired) electrons. The maximum Gasteiger partial charge on any atom is 0.142 e. The predicted molar refractivity (Wildman–Crippen MR) is 125 cm³/mol. The van der Waals surface area contributed by atoms with E-state index in [4.69, 9.17) is 14.6 Å². The van der Waals surface area contributed by atoms with E-state index in [1.807, 2.05) is 0 Å². The summed E-state index contributed by atoms with van der Waals surface area (Å²) in [5, 5.41) is 6.10. The summed E-state index contributed by atoms with van der Waals surface area (Å²) in [5.41, 5.74) is 6.90. The number of thioether (sulfide) groups is 1. The Hall–Kier alpha value is -2.18. The Morgan fingerprint density at radius 3 is 2.67 bits per heavy atom. The molecule has 3 aromatic rings. The Labute approximate surface area is 183 Å². The highest BCUT2D eigenvalue weighted by Crippen LogP contribution is 2.40. The van der Waals surface area contributed by atoms with Crippen LogP contribution in [0.1, 0.15) is 24.0 Å². The second kappa shape index (κ2) is 8.90. The molecule has 1 aliphatic carbocycles. The summed E-state index contributed by atoms with van der Waals surface area (Å²) in [6.07, 6.45) is 4.75.